The fraction of sp³-hybridized carbons (Fsp3) is 0.143. The van der Waals surface area contributed by atoms with Crippen molar-refractivity contribution in [3.05, 3.63) is 58.8 Å². The molecule has 0 saturated heterocycles. The van der Waals surface area contributed by atoms with Crippen molar-refractivity contribution in [1.29, 1.82) is 0 Å². The summed E-state index contributed by atoms with van der Waals surface area (Å²) in [5.41, 5.74) is 1.42. The zero-order chi connectivity index (χ0) is 14.4. The molecule has 1 aromatic heterocycles. The molecule has 6 heteroatoms. The van der Waals surface area contributed by atoms with Crippen LogP contribution in [0.5, 0.6) is 0 Å². The molecule has 0 saturated carbocycles. The van der Waals surface area contributed by atoms with Gasteiger partial charge in [-0.15, -0.1) is 0 Å². The Kier molecular flexibility index (Phi) is 5.09. The summed E-state index contributed by atoms with van der Waals surface area (Å²) in [6, 6.07) is 10.2. The van der Waals surface area contributed by atoms with Crippen molar-refractivity contribution in [2.24, 2.45) is 0 Å². The summed E-state index contributed by atoms with van der Waals surface area (Å²) in [7, 11) is 0. The number of hydrogen-bond acceptors (Lipinski definition) is 3. The van der Waals surface area contributed by atoms with Gasteiger partial charge in [0.25, 0.3) is 0 Å². The second-order valence-corrected chi connectivity index (χ2v) is 5.05. The highest BCUT2D eigenvalue weighted by molar-refractivity contribution is 9.10. The lowest BCUT2D eigenvalue weighted by Crippen LogP contribution is -2.34. The van der Waals surface area contributed by atoms with Crippen molar-refractivity contribution >= 4 is 27.6 Å². The lowest BCUT2D eigenvalue weighted by atomic mass is 10.1. The van der Waals surface area contributed by atoms with Crippen LogP contribution < -0.4 is 10.6 Å². The number of carbonyl (C=O) groups is 1. The number of aromatic nitrogens is 1. The third-order valence-corrected chi connectivity index (χ3v) is 3.09. The number of halogens is 1. The first-order valence-electron chi connectivity index (χ1n) is 6.03. The second-order valence-electron chi connectivity index (χ2n) is 4.14. The number of aliphatic hydroxyl groups excluding tert-OH is 1. The van der Waals surface area contributed by atoms with Crippen LogP contribution in [0, 0.1) is 0 Å². The Morgan fingerprint density at radius 3 is 2.70 bits per heavy atom. The predicted molar refractivity (Wildman–Crippen MR) is 80.4 cm³/mol. The molecular formula is C14H14BrN3O2. The topological polar surface area (TPSA) is 74.2 Å². The van der Waals surface area contributed by atoms with Crippen LogP contribution in [-0.2, 0) is 0 Å². The molecule has 0 aliphatic rings. The summed E-state index contributed by atoms with van der Waals surface area (Å²) >= 11 is 3.28. The summed E-state index contributed by atoms with van der Waals surface area (Å²) < 4.78 is 0.775. The van der Waals surface area contributed by atoms with Crippen LogP contribution in [0.2, 0.25) is 0 Å². The number of anilines is 1. The lowest BCUT2D eigenvalue weighted by Gasteiger charge is -2.17. The van der Waals surface area contributed by atoms with E-state index in [0.717, 1.165) is 10.0 Å². The molecule has 104 valence electrons. The number of nitrogens with one attached hydrogen (secondary N) is 2. The second kappa shape index (κ2) is 7.02. The summed E-state index contributed by atoms with van der Waals surface area (Å²) in [4.78, 5) is 15.8. The maximum absolute atomic E-state index is 11.9. The van der Waals surface area contributed by atoms with E-state index in [1.165, 1.54) is 0 Å². The highest BCUT2D eigenvalue weighted by atomic mass is 79.9. The number of aliphatic hydroxyl groups is 1. The van der Waals surface area contributed by atoms with E-state index < -0.39 is 12.1 Å². The van der Waals surface area contributed by atoms with E-state index in [-0.39, 0.29) is 6.61 Å². The van der Waals surface area contributed by atoms with Crippen molar-refractivity contribution in [2.75, 3.05) is 11.9 Å². The molecule has 2 rings (SSSR count). The largest absolute Gasteiger partial charge is 0.394 e. The Balaban J connectivity index is 2.00. The molecule has 5 nitrogen and oxygen atoms in total. The Morgan fingerprint density at radius 1 is 1.30 bits per heavy atom. The van der Waals surface area contributed by atoms with Gasteiger partial charge in [0.15, 0.2) is 0 Å². The molecule has 0 fully saturated rings. The molecule has 2 amide bonds. The number of pyridine rings is 1. The molecule has 2 aromatic rings. The van der Waals surface area contributed by atoms with Crippen LogP contribution in [0.15, 0.2) is 53.3 Å². The molecule has 1 unspecified atom stereocenters. The normalized spacial score (nSPS) is 11.7. The van der Waals surface area contributed by atoms with E-state index in [1.54, 1.807) is 18.5 Å². The lowest BCUT2D eigenvalue weighted by molar-refractivity contribution is 0.225. The van der Waals surface area contributed by atoms with Crippen LogP contribution in [0.25, 0.3) is 0 Å². The molecule has 1 heterocycles. The number of rotatable bonds is 4. The highest BCUT2D eigenvalue weighted by Gasteiger charge is 2.13. The molecule has 3 N–H and O–H groups in total. The van der Waals surface area contributed by atoms with Gasteiger partial charge in [0, 0.05) is 10.7 Å². The average Bonchev–Trinajstić information content (AvgIpc) is 2.45. The van der Waals surface area contributed by atoms with E-state index in [4.69, 9.17) is 0 Å². The summed E-state index contributed by atoms with van der Waals surface area (Å²) in [6.07, 6.45) is 3.17. The monoisotopic (exact) mass is 335 g/mol. The zero-order valence-electron chi connectivity index (χ0n) is 10.6. The van der Waals surface area contributed by atoms with E-state index in [9.17, 15) is 9.90 Å². The van der Waals surface area contributed by atoms with Crippen molar-refractivity contribution < 1.29 is 9.90 Å². The van der Waals surface area contributed by atoms with Crippen molar-refractivity contribution in [2.45, 2.75) is 6.04 Å². The standard InChI is InChI=1S/C14H14BrN3O2/c15-11-6-12(8-16-7-11)17-14(20)18-13(9-19)10-4-2-1-3-5-10/h1-8,13,19H,9H2,(H2,17,18,20). The van der Waals surface area contributed by atoms with Crippen LogP contribution >= 0.6 is 15.9 Å². The van der Waals surface area contributed by atoms with Crippen LogP contribution in [0.3, 0.4) is 0 Å². The van der Waals surface area contributed by atoms with Gasteiger partial charge in [0.05, 0.1) is 24.5 Å². The quantitative estimate of drug-likeness (QED) is 0.804. The molecule has 1 aromatic carbocycles. The Labute approximate surface area is 125 Å². The van der Waals surface area contributed by atoms with Crippen LogP contribution in [0.1, 0.15) is 11.6 Å². The van der Waals surface area contributed by atoms with Gasteiger partial charge >= 0.3 is 6.03 Å². The van der Waals surface area contributed by atoms with E-state index in [0.29, 0.717) is 5.69 Å². The van der Waals surface area contributed by atoms with Gasteiger partial charge in [-0.25, -0.2) is 4.79 Å². The minimum atomic E-state index is -0.448. The van der Waals surface area contributed by atoms with Gasteiger partial charge in [-0.1, -0.05) is 30.3 Å². The number of hydrogen-bond donors (Lipinski definition) is 3. The molecule has 0 radical (unpaired) electrons. The minimum absolute atomic E-state index is 0.172. The highest BCUT2D eigenvalue weighted by Crippen LogP contribution is 2.15. The molecule has 0 aliphatic heterocycles. The maximum atomic E-state index is 11.9. The number of benzene rings is 1. The van der Waals surface area contributed by atoms with E-state index >= 15 is 0 Å². The van der Waals surface area contributed by atoms with Gasteiger partial charge in [-0.3, -0.25) is 4.98 Å². The minimum Gasteiger partial charge on any atom is -0.394 e. The molecule has 1 atom stereocenters. The first kappa shape index (κ1) is 14.5. The summed E-state index contributed by atoms with van der Waals surface area (Å²) in [5, 5.41) is 14.7. The first-order chi connectivity index (χ1) is 9.69. The Hall–Kier alpha value is -1.92. The third-order valence-electron chi connectivity index (χ3n) is 2.65. The molecule has 0 aliphatic carbocycles. The van der Waals surface area contributed by atoms with Crippen LogP contribution in [-0.4, -0.2) is 22.7 Å². The summed E-state index contributed by atoms with van der Waals surface area (Å²) in [6.45, 7) is -0.172. The fourth-order valence-corrected chi connectivity index (χ4v) is 2.09. The van der Waals surface area contributed by atoms with E-state index in [1.807, 2.05) is 30.3 Å². The van der Waals surface area contributed by atoms with Gasteiger partial charge < -0.3 is 15.7 Å². The third kappa shape index (κ3) is 4.04. The maximum Gasteiger partial charge on any atom is 0.319 e. The molecule has 0 bridgehead atoms. The van der Waals surface area contributed by atoms with Gasteiger partial charge in [0.1, 0.15) is 0 Å². The van der Waals surface area contributed by atoms with Gasteiger partial charge in [-0.05, 0) is 27.6 Å². The zero-order valence-corrected chi connectivity index (χ0v) is 12.2. The Bertz CT molecular complexity index is 578. The molecule has 0 spiro atoms. The number of amides is 2. The number of urea groups is 1. The molecular weight excluding hydrogens is 322 g/mol. The average molecular weight is 336 g/mol. The SMILES string of the molecule is O=C(Nc1cncc(Br)c1)NC(CO)c1ccccc1. The number of carbonyl (C=O) groups excluding carboxylic acids is 1. The predicted octanol–water partition coefficient (Wildman–Crippen LogP) is 2.70. The number of nitrogens with zero attached hydrogens (tertiary/aromatic N) is 1. The van der Waals surface area contributed by atoms with Crippen LogP contribution in [0.4, 0.5) is 10.5 Å². The smallest absolute Gasteiger partial charge is 0.319 e. The van der Waals surface area contributed by atoms with Crippen molar-refractivity contribution in [3.63, 3.8) is 0 Å². The van der Waals surface area contributed by atoms with Crippen molar-refractivity contribution in [1.82, 2.24) is 10.3 Å². The first-order valence-corrected chi connectivity index (χ1v) is 6.82. The Morgan fingerprint density at radius 2 is 2.05 bits per heavy atom. The fourth-order valence-electron chi connectivity index (χ4n) is 1.73. The van der Waals surface area contributed by atoms with Gasteiger partial charge in [-0.2, -0.15) is 0 Å². The molecule has 20 heavy (non-hydrogen) atoms. The van der Waals surface area contributed by atoms with Crippen molar-refractivity contribution in [3.8, 4) is 0 Å². The van der Waals surface area contributed by atoms with Gasteiger partial charge in [0.2, 0.25) is 0 Å². The summed E-state index contributed by atoms with van der Waals surface area (Å²) in [5.74, 6) is 0. The van der Waals surface area contributed by atoms with E-state index in [2.05, 4.69) is 31.5 Å².